The molecule has 0 spiro atoms. The Morgan fingerprint density at radius 3 is 2.21 bits per heavy atom. The Balaban J connectivity index is 1.80. The fraction of sp³-hybridized carbons (Fsp3) is 0.667. The zero-order valence-electron chi connectivity index (χ0n) is 12.8. The third-order valence-electron chi connectivity index (χ3n) is 4.63. The second-order valence-electron chi connectivity index (χ2n) is 6.46. The van der Waals surface area contributed by atoms with Gasteiger partial charge in [0.1, 0.15) is 0 Å². The first-order valence-electron chi connectivity index (χ1n) is 7.99. The van der Waals surface area contributed by atoms with Gasteiger partial charge in [-0.3, -0.25) is 0 Å². The smallest absolute Gasteiger partial charge is 0.0208 e. The Labute approximate surface area is 118 Å². The van der Waals surface area contributed by atoms with E-state index in [2.05, 4.69) is 50.4 Å². The van der Waals surface area contributed by atoms with E-state index in [1.54, 1.807) is 0 Å². The SMILES string of the molecule is CC(C)c1ccc(CN[C@H](C)C2CCCCC2)cc1. The summed E-state index contributed by atoms with van der Waals surface area (Å²) >= 11 is 0. The van der Waals surface area contributed by atoms with Crippen LogP contribution in [0.3, 0.4) is 0 Å². The van der Waals surface area contributed by atoms with Crippen molar-refractivity contribution in [1.82, 2.24) is 5.32 Å². The van der Waals surface area contributed by atoms with Gasteiger partial charge in [-0.1, -0.05) is 57.4 Å². The van der Waals surface area contributed by atoms with Gasteiger partial charge in [-0.25, -0.2) is 0 Å². The van der Waals surface area contributed by atoms with E-state index in [1.165, 1.54) is 43.2 Å². The first kappa shape index (κ1) is 14.6. The largest absolute Gasteiger partial charge is 0.310 e. The van der Waals surface area contributed by atoms with Gasteiger partial charge >= 0.3 is 0 Å². The monoisotopic (exact) mass is 259 g/mol. The van der Waals surface area contributed by atoms with Crippen LogP contribution in [0.25, 0.3) is 0 Å². The zero-order chi connectivity index (χ0) is 13.7. The minimum absolute atomic E-state index is 0.628. The molecule has 1 aromatic rings. The maximum Gasteiger partial charge on any atom is 0.0208 e. The molecular formula is C18H29N. The van der Waals surface area contributed by atoms with Gasteiger partial charge in [0.15, 0.2) is 0 Å². The molecule has 0 amide bonds. The molecule has 0 bridgehead atoms. The van der Waals surface area contributed by atoms with Crippen LogP contribution in [-0.4, -0.2) is 6.04 Å². The van der Waals surface area contributed by atoms with Gasteiger partial charge < -0.3 is 5.32 Å². The van der Waals surface area contributed by atoms with Gasteiger partial charge in [0.2, 0.25) is 0 Å². The lowest BCUT2D eigenvalue weighted by molar-refractivity contribution is 0.280. The molecule has 0 radical (unpaired) electrons. The van der Waals surface area contributed by atoms with Crippen molar-refractivity contribution >= 4 is 0 Å². The van der Waals surface area contributed by atoms with Gasteiger partial charge in [0.05, 0.1) is 0 Å². The van der Waals surface area contributed by atoms with Gasteiger partial charge in [0.25, 0.3) is 0 Å². The van der Waals surface area contributed by atoms with E-state index in [-0.39, 0.29) is 0 Å². The molecule has 0 aromatic heterocycles. The summed E-state index contributed by atoms with van der Waals surface area (Å²) in [6.07, 6.45) is 7.14. The highest BCUT2D eigenvalue weighted by atomic mass is 14.9. The van der Waals surface area contributed by atoms with Crippen LogP contribution < -0.4 is 5.32 Å². The van der Waals surface area contributed by atoms with Crippen molar-refractivity contribution in [2.75, 3.05) is 0 Å². The average Bonchev–Trinajstić information content (AvgIpc) is 2.46. The van der Waals surface area contributed by atoms with Crippen molar-refractivity contribution in [1.29, 1.82) is 0 Å². The Hall–Kier alpha value is -0.820. The van der Waals surface area contributed by atoms with E-state index < -0.39 is 0 Å². The third kappa shape index (κ3) is 4.35. The Morgan fingerprint density at radius 1 is 1.00 bits per heavy atom. The molecule has 0 saturated heterocycles. The van der Waals surface area contributed by atoms with E-state index in [0.717, 1.165) is 12.5 Å². The van der Waals surface area contributed by atoms with Crippen molar-refractivity contribution in [2.45, 2.75) is 71.4 Å². The number of hydrogen-bond donors (Lipinski definition) is 1. The molecule has 1 N–H and O–H groups in total. The minimum atomic E-state index is 0.628. The van der Waals surface area contributed by atoms with Crippen LogP contribution in [0.5, 0.6) is 0 Å². The summed E-state index contributed by atoms with van der Waals surface area (Å²) in [5, 5.41) is 3.72. The molecule has 1 aliphatic rings. The predicted octanol–water partition coefficient (Wildman–Crippen LogP) is 4.87. The number of nitrogens with one attached hydrogen (secondary N) is 1. The van der Waals surface area contributed by atoms with Gasteiger partial charge in [-0.15, -0.1) is 0 Å². The van der Waals surface area contributed by atoms with Crippen LogP contribution >= 0.6 is 0 Å². The standard InChI is InChI=1S/C18H29N/c1-14(2)17-11-9-16(10-12-17)13-19-15(3)18-7-5-4-6-8-18/h9-12,14-15,18-19H,4-8,13H2,1-3H3/t15-/m1/s1. The predicted molar refractivity (Wildman–Crippen MR) is 83.4 cm³/mol. The topological polar surface area (TPSA) is 12.0 Å². The number of rotatable bonds is 5. The van der Waals surface area contributed by atoms with Crippen LogP contribution in [-0.2, 0) is 6.54 Å². The molecule has 1 nitrogen and oxygen atoms in total. The van der Waals surface area contributed by atoms with Crippen LogP contribution in [0.15, 0.2) is 24.3 Å². The van der Waals surface area contributed by atoms with E-state index >= 15 is 0 Å². The molecule has 19 heavy (non-hydrogen) atoms. The first-order valence-corrected chi connectivity index (χ1v) is 7.99. The lowest BCUT2D eigenvalue weighted by Crippen LogP contribution is -2.34. The summed E-state index contributed by atoms with van der Waals surface area (Å²) in [6.45, 7) is 7.87. The molecule has 0 aliphatic heterocycles. The van der Waals surface area contributed by atoms with E-state index in [9.17, 15) is 0 Å². The van der Waals surface area contributed by atoms with Crippen molar-refractivity contribution < 1.29 is 0 Å². The quantitative estimate of drug-likeness (QED) is 0.795. The van der Waals surface area contributed by atoms with E-state index in [4.69, 9.17) is 0 Å². The van der Waals surface area contributed by atoms with E-state index in [0.29, 0.717) is 12.0 Å². The molecule has 1 aromatic carbocycles. The third-order valence-corrected chi connectivity index (χ3v) is 4.63. The van der Waals surface area contributed by atoms with Gasteiger partial charge in [-0.2, -0.15) is 0 Å². The van der Waals surface area contributed by atoms with Crippen LogP contribution in [0, 0.1) is 5.92 Å². The maximum absolute atomic E-state index is 3.72. The second-order valence-corrected chi connectivity index (χ2v) is 6.46. The van der Waals surface area contributed by atoms with Crippen LogP contribution in [0.2, 0.25) is 0 Å². The lowest BCUT2D eigenvalue weighted by atomic mass is 9.84. The van der Waals surface area contributed by atoms with Gasteiger partial charge in [-0.05, 0) is 42.7 Å². The number of benzene rings is 1. The molecule has 0 heterocycles. The molecule has 2 rings (SSSR count). The zero-order valence-corrected chi connectivity index (χ0v) is 12.8. The highest BCUT2D eigenvalue weighted by Crippen LogP contribution is 2.26. The molecule has 1 saturated carbocycles. The summed E-state index contributed by atoms with van der Waals surface area (Å²) in [5.41, 5.74) is 2.84. The fourth-order valence-corrected chi connectivity index (χ4v) is 3.10. The van der Waals surface area contributed by atoms with Gasteiger partial charge in [0, 0.05) is 12.6 Å². The molecular weight excluding hydrogens is 230 g/mol. The second kappa shape index (κ2) is 7.09. The lowest BCUT2D eigenvalue weighted by Gasteiger charge is -2.28. The molecule has 0 unspecified atom stereocenters. The fourth-order valence-electron chi connectivity index (χ4n) is 3.10. The summed E-state index contributed by atoms with van der Waals surface area (Å²) in [5.74, 6) is 1.52. The van der Waals surface area contributed by atoms with Crippen molar-refractivity contribution in [3.05, 3.63) is 35.4 Å². The van der Waals surface area contributed by atoms with Crippen LogP contribution in [0.1, 0.15) is 69.9 Å². The summed E-state index contributed by atoms with van der Waals surface area (Å²) in [6, 6.07) is 9.75. The molecule has 106 valence electrons. The number of hydrogen-bond acceptors (Lipinski definition) is 1. The first-order chi connectivity index (χ1) is 9.16. The Bertz CT molecular complexity index is 360. The maximum atomic E-state index is 3.72. The summed E-state index contributed by atoms with van der Waals surface area (Å²) < 4.78 is 0. The Morgan fingerprint density at radius 2 is 1.63 bits per heavy atom. The van der Waals surface area contributed by atoms with Crippen molar-refractivity contribution in [2.24, 2.45) is 5.92 Å². The van der Waals surface area contributed by atoms with Crippen molar-refractivity contribution in [3.8, 4) is 0 Å². The summed E-state index contributed by atoms with van der Waals surface area (Å²) in [7, 11) is 0. The minimum Gasteiger partial charge on any atom is -0.310 e. The van der Waals surface area contributed by atoms with Crippen LogP contribution in [0.4, 0.5) is 0 Å². The average molecular weight is 259 g/mol. The van der Waals surface area contributed by atoms with Crippen molar-refractivity contribution in [3.63, 3.8) is 0 Å². The molecule has 1 fully saturated rings. The molecule has 1 heteroatoms. The highest BCUT2D eigenvalue weighted by Gasteiger charge is 2.19. The molecule has 1 atom stereocenters. The normalized spacial score (nSPS) is 18.7. The highest BCUT2D eigenvalue weighted by molar-refractivity contribution is 5.24. The Kier molecular flexibility index (Phi) is 5.45. The summed E-state index contributed by atoms with van der Waals surface area (Å²) in [4.78, 5) is 0. The van der Waals surface area contributed by atoms with E-state index in [1.807, 2.05) is 0 Å². The molecule has 1 aliphatic carbocycles.